The second kappa shape index (κ2) is 11.7. The largest absolute Gasteiger partial charge is 0.382 e. The van der Waals surface area contributed by atoms with Crippen LogP contribution in [0.2, 0.25) is 5.02 Å². The van der Waals surface area contributed by atoms with E-state index in [1.54, 1.807) is 7.11 Å². The molecule has 0 aromatic carbocycles. The van der Waals surface area contributed by atoms with Gasteiger partial charge in [0.2, 0.25) is 0 Å². The van der Waals surface area contributed by atoms with E-state index in [1.807, 2.05) is 12.1 Å². The van der Waals surface area contributed by atoms with E-state index in [1.165, 1.54) is 0 Å². The van der Waals surface area contributed by atoms with Gasteiger partial charge in [-0.15, -0.1) is 0 Å². The predicted octanol–water partition coefficient (Wildman–Crippen LogP) is 3.13. The van der Waals surface area contributed by atoms with Crippen molar-refractivity contribution in [3.63, 3.8) is 0 Å². The first-order valence-corrected chi connectivity index (χ1v) is 7.69. The minimum atomic E-state index is 0.415. The van der Waals surface area contributed by atoms with Crippen molar-refractivity contribution in [3.05, 3.63) is 22.8 Å². The van der Waals surface area contributed by atoms with Gasteiger partial charge in [-0.1, -0.05) is 18.5 Å². The van der Waals surface area contributed by atoms with Gasteiger partial charge in [0.1, 0.15) is 5.82 Å². The summed E-state index contributed by atoms with van der Waals surface area (Å²) in [6.07, 6.45) is 1.90. The number of rotatable bonds is 12. The number of hydrogen-bond acceptors (Lipinski definition) is 5. The van der Waals surface area contributed by atoms with E-state index >= 15 is 0 Å². The standard InChI is InChI=1S/C15H25ClN2O3/c1-3-7-17-15-6-5-13(16)14(18-15)12-21-9-4-8-20-11-10-19-2/h5-6H,3-4,7-12H2,1-2H3,(H,17,18). The molecule has 0 aliphatic heterocycles. The minimum absolute atomic E-state index is 0.415. The molecule has 0 radical (unpaired) electrons. The summed E-state index contributed by atoms with van der Waals surface area (Å²) in [4.78, 5) is 4.45. The molecule has 21 heavy (non-hydrogen) atoms. The van der Waals surface area contributed by atoms with Crippen LogP contribution < -0.4 is 5.32 Å². The minimum Gasteiger partial charge on any atom is -0.382 e. The molecule has 0 saturated heterocycles. The van der Waals surface area contributed by atoms with Crippen molar-refractivity contribution in [2.45, 2.75) is 26.4 Å². The molecular weight excluding hydrogens is 292 g/mol. The molecule has 0 bridgehead atoms. The Labute approximate surface area is 131 Å². The highest BCUT2D eigenvalue weighted by atomic mass is 35.5. The Bertz CT molecular complexity index is 391. The van der Waals surface area contributed by atoms with Crippen molar-refractivity contribution in [2.75, 3.05) is 45.4 Å². The van der Waals surface area contributed by atoms with Crippen molar-refractivity contribution in [1.29, 1.82) is 0 Å². The third-order valence-corrected chi connectivity index (χ3v) is 3.07. The average Bonchev–Trinajstić information content (AvgIpc) is 2.50. The molecule has 0 unspecified atom stereocenters. The van der Waals surface area contributed by atoms with E-state index in [4.69, 9.17) is 25.8 Å². The highest BCUT2D eigenvalue weighted by molar-refractivity contribution is 6.31. The van der Waals surface area contributed by atoms with E-state index in [9.17, 15) is 0 Å². The summed E-state index contributed by atoms with van der Waals surface area (Å²) in [6.45, 7) is 5.96. The molecule has 0 saturated carbocycles. The number of anilines is 1. The van der Waals surface area contributed by atoms with Gasteiger partial charge in [-0.2, -0.15) is 0 Å². The molecule has 0 aliphatic carbocycles. The lowest BCUT2D eigenvalue weighted by Gasteiger charge is -2.09. The summed E-state index contributed by atoms with van der Waals surface area (Å²) in [7, 11) is 1.66. The van der Waals surface area contributed by atoms with Gasteiger partial charge in [0, 0.05) is 26.9 Å². The van der Waals surface area contributed by atoms with Crippen LogP contribution in [-0.4, -0.2) is 45.1 Å². The number of nitrogens with zero attached hydrogens (tertiary/aromatic N) is 1. The monoisotopic (exact) mass is 316 g/mol. The third kappa shape index (κ3) is 8.21. The molecule has 1 rings (SSSR count). The lowest BCUT2D eigenvalue weighted by molar-refractivity contribution is 0.0478. The van der Waals surface area contributed by atoms with Crippen LogP contribution in [-0.2, 0) is 20.8 Å². The molecule has 0 amide bonds. The van der Waals surface area contributed by atoms with Gasteiger partial charge in [0.25, 0.3) is 0 Å². The Morgan fingerprint density at radius 3 is 2.71 bits per heavy atom. The zero-order valence-corrected chi connectivity index (χ0v) is 13.6. The van der Waals surface area contributed by atoms with Crippen molar-refractivity contribution >= 4 is 17.4 Å². The summed E-state index contributed by atoms with van der Waals surface area (Å²) in [5.41, 5.74) is 0.762. The second-order valence-corrected chi connectivity index (χ2v) is 4.97. The number of methoxy groups -OCH3 is 1. The fourth-order valence-corrected chi connectivity index (χ4v) is 1.77. The summed E-state index contributed by atoms with van der Waals surface area (Å²) >= 11 is 6.12. The van der Waals surface area contributed by atoms with E-state index in [-0.39, 0.29) is 0 Å². The van der Waals surface area contributed by atoms with Crippen molar-refractivity contribution in [2.24, 2.45) is 0 Å². The second-order valence-electron chi connectivity index (χ2n) is 4.56. The molecule has 0 fully saturated rings. The molecular formula is C15H25ClN2O3. The molecule has 6 heteroatoms. The maximum Gasteiger partial charge on any atom is 0.126 e. The Morgan fingerprint density at radius 1 is 1.14 bits per heavy atom. The van der Waals surface area contributed by atoms with Crippen LogP contribution in [0.25, 0.3) is 0 Å². The van der Waals surface area contributed by atoms with Crippen LogP contribution in [0, 0.1) is 0 Å². The zero-order chi connectivity index (χ0) is 15.3. The van der Waals surface area contributed by atoms with Gasteiger partial charge in [-0.3, -0.25) is 0 Å². The lowest BCUT2D eigenvalue weighted by Crippen LogP contribution is -2.07. The van der Waals surface area contributed by atoms with Crippen LogP contribution in [0.4, 0.5) is 5.82 Å². The van der Waals surface area contributed by atoms with Crippen LogP contribution in [0.3, 0.4) is 0 Å². The molecule has 0 atom stereocenters. The van der Waals surface area contributed by atoms with Crippen LogP contribution in [0.15, 0.2) is 12.1 Å². The molecule has 5 nitrogen and oxygen atoms in total. The molecule has 0 aliphatic rings. The number of halogens is 1. The molecule has 1 aromatic heterocycles. The maximum atomic E-state index is 6.12. The average molecular weight is 317 g/mol. The number of pyridine rings is 1. The summed E-state index contributed by atoms with van der Waals surface area (Å²) < 4.78 is 15.8. The van der Waals surface area contributed by atoms with E-state index < -0.39 is 0 Å². The number of hydrogen-bond donors (Lipinski definition) is 1. The Balaban J connectivity index is 2.21. The highest BCUT2D eigenvalue weighted by Gasteiger charge is 2.04. The smallest absolute Gasteiger partial charge is 0.126 e. The van der Waals surface area contributed by atoms with Crippen molar-refractivity contribution in [1.82, 2.24) is 4.98 Å². The molecule has 120 valence electrons. The number of ether oxygens (including phenoxy) is 3. The SMILES string of the molecule is CCCNc1ccc(Cl)c(COCCCOCCOC)n1. The van der Waals surface area contributed by atoms with Gasteiger partial charge in [-0.05, 0) is 25.0 Å². The van der Waals surface area contributed by atoms with Gasteiger partial charge in [0.05, 0.1) is 30.5 Å². The topological polar surface area (TPSA) is 52.6 Å². The number of aromatic nitrogens is 1. The first-order chi connectivity index (χ1) is 10.3. The van der Waals surface area contributed by atoms with Crippen LogP contribution in [0.1, 0.15) is 25.5 Å². The number of nitrogens with one attached hydrogen (secondary N) is 1. The maximum absolute atomic E-state index is 6.12. The molecule has 1 N–H and O–H groups in total. The quantitative estimate of drug-likeness (QED) is 0.600. The van der Waals surface area contributed by atoms with Crippen LogP contribution in [0.5, 0.6) is 0 Å². The Kier molecular flexibility index (Phi) is 10.2. The fraction of sp³-hybridized carbons (Fsp3) is 0.667. The summed E-state index contributed by atoms with van der Waals surface area (Å²) in [6, 6.07) is 3.73. The van der Waals surface area contributed by atoms with E-state index in [2.05, 4.69) is 17.2 Å². The predicted molar refractivity (Wildman–Crippen MR) is 85.0 cm³/mol. The molecule has 1 aromatic rings. The van der Waals surface area contributed by atoms with Crippen molar-refractivity contribution in [3.8, 4) is 0 Å². The molecule has 1 heterocycles. The normalized spacial score (nSPS) is 10.8. The Hall–Kier alpha value is -0.880. The van der Waals surface area contributed by atoms with Crippen LogP contribution >= 0.6 is 11.6 Å². The highest BCUT2D eigenvalue weighted by Crippen LogP contribution is 2.17. The summed E-state index contributed by atoms with van der Waals surface area (Å²) in [5, 5.41) is 3.87. The van der Waals surface area contributed by atoms with Crippen molar-refractivity contribution < 1.29 is 14.2 Å². The van der Waals surface area contributed by atoms with Gasteiger partial charge >= 0.3 is 0 Å². The molecule has 0 spiro atoms. The third-order valence-electron chi connectivity index (χ3n) is 2.72. The van der Waals surface area contributed by atoms with Gasteiger partial charge in [-0.25, -0.2) is 4.98 Å². The van der Waals surface area contributed by atoms with E-state index in [0.29, 0.717) is 38.1 Å². The van der Waals surface area contributed by atoms with E-state index in [0.717, 1.165) is 30.9 Å². The first-order valence-electron chi connectivity index (χ1n) is 7.31. The Morgan fingerprint density at radius 2 is 1.95 bits per heavy atom. The van der Waals surface area contributed by atoms with Gasteiger partial charge < -0.3 is 19.5 Å². The fourth-order valence-electron chi connectivity index (χ4n) is 1.61. The summed E-state index contributed by atoms with van der Waals surface area (Å²) in [5.74, 6) is 0.836. The first kappa shape index (κ1) is 18.2. The van der Waals surface area contributed by atoms with Gasteiger partial charge in [0.15, 0.2) is 0 Å². The zero-order valence-electron chi connectivity index (χ0n) is 12.9. The lowest BCUT2D eigenvalue weighted by atomic mass is 10.3.